The maximum Gasteiger partial charge on any atom is 0.265 e. The molecule has 0 bridgehead atoms. The van der Waals surface area contributed by atoms with Gasteiger partial charge in [-0.15, -0.1) is 0 Å². The van der Waals surface area contributed by atoms with Gasteiger partial charge in [0.2, 0.25) is 0 Å². The molecule has 0 aliphatic rings. The second kappa shape index (κ2) is 7.42. The first kappa shape index (κ1) is 19.2. The van der Waals surface area contributed by atoms with Crippen LogP contribution >= 0.6 is 0 Å². The number of aromatic hydroxyl groups is 1. The van der Waals surface area contributed by atoms with E-state index in [0.29, 0.717) is 16.8 Å². The molecular weight excluding hydrogens is 330 g/mol. The molecule has 0 saturated carbocycles. The fraction of sp³-hybridized carbons (Fsp3) is 0.238. The van der Waals surface area contributed by atoms with Gasteiger partial charge in [-0.3, -0.25) is 9.59 Å². The van der Waals surface area contributed by atoms with E-state index in [1.165, 1.54) is 16.7 Å². The number of pyridine rings is 1. The van der Waals surface area contributed by atoms with Gasteiger partial charge in [0.15, 0.2) is 5.78 Å². The molecule has 5 nitrogen and oxygen atoms in total. The number of aliphatic hydroxyl groups is 1. The van der Waals surface area contributed by atoms with Crippen LogP contribution in [0.4, 0.5) is 0 Å². The van der Waals surface area contributed by atoms with Crippen LogP contribution < -0.4 is 5.56 Å². The van der Waals surface area contributed by atoms with Crippen molar-refractivity contribution in [3.63, 3.8) is 0 Å². The minimum absolute atomic E-state index is 0.257. The molecule has 0 atom stereocenters. The number of ketones is 1. The molecule has 2 rings (SSSR count). The third kappa shape index (κ3) is 4.71. The van der Waals surface area contributed by atoms with E-state index in [1.807, 2.05) is 0 Å². The van der Waals surface area contributed by atoms with E-state index in [-0.39, 0.29) is 11.3 Å². The van der Waals surface area contributed by atoms with E-state index in [9.17, 15) is 19.8 Å². The van der Waals surface area contributed by atoms with Crippen molar-refractivity contribution < 1.29 is 15.0 Å². The molecule has 0 spiro atoms. The number of hydrogen-bond acceptors (Lipinski definition) is 4. The highest BCUT2D eigenvalue weighted by molar-refractivity contribution is 6.08. The largest absolute Gasteiger partial charge is 0.507 e. The zero-order chi connectivity index (χ0) is 19.5. The number of carbonyl (C=O) groups excluding carboxylic acids is 1. The van der Waals surface area contributed by atoms with Crippen LogP contribution in [-0.2, 0) is 7.05 Å². The summed E-state index contributed by atoms with van der Waals surface area (Å²) in [6, 6.07) is 8.50. The van der Waals surface area contributed by atoms with Crippen molar-refractivity contribution in [2.75, 3.05) is 0 Å². The molecule has 26 heavy (non-hydrogen) atoms. The predicted molar refractivity (Wildman–Crippen MR) is 101 cm³/mol. The number of hydrogen-bond donors (Lipinski definition) is 2. The van der Waals surface area contributed by atoms with Crippen LogP contribution in [0.5, 0.6) is 5.75 Å². The predicted octanol–water partition coefficient (Wildman–Crippen LogP) is 2.42. The van der Waals surface area contributed by atoms with Crippen molar-refractivity contribution in [3.05, 3.63) is 69.1 Å². The lowest BCUT2D eigenvalue weighted by atomic mass is 10.1. The quantitative estimate of drug-likeness (QED) is 0.506. The second-order valence-corrected chi connectivity index (χ2v) is 6.54. The number of aryl methyl sites for hydroxylation is 1. The van der Waals surface area contributed by atoms with E-state index in [2.05, 4.69) is 11.8 Å². The molecule has 0 aliphatic carbocycles. The average molecular weight is 351 g/mol. The lowest BCUT2D eigenvalue weighted by Crippen LogP contribution is -2.25. The maximum atomic E-state index is 12.3. The Bertz CT molecular complexity index is 995. The standard InChI is InChI=1S/C21H21NO4/c1-14-12-18(24)19(20(25)22(14)4)17(23)9-8-15-6-5-7-16(13-15)10-11-21(2,3)26/h5-9,12-13,24,26H,1-4H3. The van der Waals surface area contributed by atoms with Crippen molar-refractivity contribution in [2.45, 2.75) is 26.4 Å². The minimum Gasteiger partial charge on any atom is -0.507 e. The number of nitrogens with zero attached hydrogens (tertiary/aromatic N) is 1. The van der Waals surface area contributed by atoms with Gasteiger partial charge in [0.05, 0.1) is 0 Å². The van der Waals surface area contributed by atoms with Crippen molar-refractivity contribution in [1.29, 1.82) is 0 Å². The van der Waals surface area contributed by atoms with Gasteiger partial charge in [-0.05, 0) is 44.5 Å². The summed E-state index contributed by atoms with van der Waals surface area (Å²) in [6.45, 7) is 4.86. The molecule has 2 N–H and O–H groups in total. The van der Waals surface area contributed by atoms with Gasteiger partial charge in [-0.1, -0.05) is 30.0 Å². The second-order valence-electron chi connectivity index (χ2n) is 6.54. The summed E-state index contributed by atoms with van der Waals surface area (Å²) in [5.41, 5.74) is 0.0747. The SMILES string of the molecule is Cc1cc(O)c(C(=O)C=Cc2cccc(C#CC(C)(C)O)c2)c(=O)n1C. The Kier molecular flexibility index (Phi) is 5.49. The third-order valence-corrected chi connectivity index (χ3v) is 3.72. The first-order chi connectivity index (χ1) is 12.1. The van der Waals surface area contributed by atoms with E-state index in [1.54, 1.807) is 58.2 Å². The molecule has 0 radical (unpaired) electrons. The summed E-state index contributed by atoms with van der Waals surface area (Å²) in [4.78, 5) is 24.5. The number of aromatic nitrogens is 1. The fourth-order valence-corrected chi connectivity index (χ4v) is 2.24. The summed E-state index contributed by atoms with van der Waals surface area (Å²) in [5, 5.41) is 19.6. The number of allylic oxidation sites excluding steroid dienone is 1. The van der Waals surface area contributed by atoms with Crippen LogP contribution in [0.2, 0.25) is 0 Å². The molecule has 0 saturated heterocycles. The highest BCUT2D eigenvalue weighted by Crippen LogP contribution is 2.16. The zero-order valence-corrected chi connectivity index (χ0v) is 15.2. The van der Waals surface area contributed by atoms with E-state index in [4.69, 9.17) is 0 Å². The molecule has 0 aliphatic heterocycles. The lowest BCUT2D eigenvalue weighted by Gasteiger charge is -2.07. The molecule has 0 amide bonds. The molecule has 1 aromatic carbocycles. The van der Waals surface area contributed by atoms with Gasteiger partial charge in [0, 0.05) is 24.4 Å². The third-order valence-electron chi connectivity index (χ3n) is 3.72. The van der Waals surface area contributed by atoms with E-state index >= 15 is 0 Å². The maximum absolute atomic E-state index is 12.3. The van der Waals surface area contributed by atoms with Gasteiger partial charge < -0.3 is 14.8 Å². The Balaban J connectivity index is 2.31. The number of carbonyl (C=O) groups is 1. The molecule has 0 fully saturated rings. The van der Waals surface area contributed by atoms with Crippen LogP contribution in [0.25, 0.3) is 6.08 Å². The first-order valence-electron chi connectivity index (χ1n) is 8.06. The van der Waals surface area contributed by atoms with Crippen molar-refractivity contribution >= 4 is 11.9 Å². The number of benzene rings is 1. The molecule has 1 aromatic heterocycles. The fourth-order valence-electron chi connectivity index (χ4n) is 2.24. The summed E-state index contributed by atoms with van der Waals surface area (Å²) >= 11 is 0. The van der Waals surface area contributed by atoms with E-state index in [0.717, 1.165) is 0 Å². The summed E-state index contributed by atoms with van der Waals surface area (Å²) < 4.78 is 1.31. The van der Waals surface area contributed by atoms with Crippen LogP contribution in [0.1, 0.15) is 41.0 Å². The smallest absolute Gasteiger partial charge is 0.265 e. The van der Waals surface area contributed by atoms with Crippen LogP contribution in [-0.4, -0.2) is 26.2 Å². The molecule has 1 heterocycles. The van der Waals surface area contributed by atoms with Crippen LogP contribution in [0.3, 0.4) is 0 Å². The molecule has 0 unspecified atom stereocenters. The van der Waals surface area contributed by atoms with Gasteiger partial charge in [0.25, 0.3) is 5.56 Å². The van der Waals surface area contributed by atoms with Gasteiger partial charge in [-0.2, -0.15) is 0 Å². The lowest BCUT2D eigenvalue weighted by molar-refractivity contribution is 0.104. The highest BCUT2D eigenvalue weighted by atomic mass is 16.3. The normalized spacial score (nSPS) is 11.3. The van der Waals surface area contributed by atoms with Crippen LogP contribution in [0.15, 0.2) is 41.2 Å². The van der Waals surface area contributed by atoms with Crippen molar-refractivity contribution in [3.8, 4) is 17.6 Å². The Morgan fingerprint density at radius 1 is 1.27 bits per heavy atom. The van der Waals surface area contributed by atoms with Gasteiger partial charge >= 0.3 is 0 Å². The summed E-state index contributed by atoms with van der Waals surface area (Å²) in [6.07, 6.45) is 2.80. The summed E-state index contributed by atoms with van der Waals surface area (Å²) in [7, 11) is 1.54. The molecule has 5 heteroatoms. The number of rotatable bonds is 3. The Hall–Kier alpha value is -3.10. The highest BCUT2D eigenvalue weighted by Gasteiger charge is 2.16. The molecular formula is C21H21NO4. The van der Waals surface area contributed by atoms with Crippen LogP contribution in [0, 0.1) is 18.8 Å². The van der Waals surface area contributed by atoms with Gasteiger partial charge in [0.1, 0.15) is 16.9 Å². The first-order valence-corrected chi connectivity index (χ1v) is 8.06. The average Bonchev–Trinajstić information content (AvgIpc) is 2.56. The Morgan fingerprint density at radius 2 is 1.96 bits per heavy atom. The van der Waals surface area contributed by atoms with Crippen molar-refractivity contribution in [2.24, 2.45) is 7.05 Å². The Labute approximate surface area is 152 Å². The molecule has 134 valence electrons. The van der Waals surface area contributed by atoms with Gasteiger partial charge in [-0.25, -0.2) is 0 Å². The zero-order valence-electron chi connectivity index (χ0n) is 15.2. The van der Waals surface area contributed by atoms with E-state index < -0.39 is 16.9 Å². The topological polar surface area (TPSA) is 79.5 Å². The summed E-state index contributed by atoms with van der Waals surface area (Å²) in [5.74, 6) is 4.68. The monoisotopic (exact) mass is 351 g/mol. The molecule has 2 aromatic rings. The van der Waals surface area contributed by atoms with Crippen molar-refractivity contribution in [1.82, 2.24) is 4.57 Å². The minimum atomic E-state index is -1.09. The Morgan fingerprint density at radius 3 is 2.62 bits per heavy atom.